The van der Waals surface area contributed by atoms with Gasteiger partial charge in [-0.25, -0.2) is 9.59 Å². The van der Waals surface area contributed by atoms with Gasteiger partial charge in [-0.2, -0.15) is 0 Å². The summed E-state index contributed by atoms with van der Waals surface area (Å²) in [6.07, 6.45) is -0.377. The first kappa shape index (κ1) is 8.63. The molecule has 0 radical (unpaired) electrons. The first-order valence-corrected chi connectivity index (χ1v) is 3.52. The average Bonchev–Trinajstić information content (AvgIpc) is 1.94. The van der Waals surface area contributed by atoms with E-state index in [1.165, 1.54) is 12.0 Å². The molecule has 12 heavy (non-hydrogen) atoms. The van der Waals surface area contributed by atoms with Crippen LogP contribution in [0, 0.1) is 0 Å². The Bertz CT molecular complexity index is 200. The summed E-state index contributed by atoms with van der Waals surface area (Å²) in [7, 11) is 1.32. The van der Waals surface area contributed by atoms with Gasteiger partial charge >= 0.3 is 12.1 Å². The average molecular weight is 173 g/mol. The minimum absolute atomic E-state index is 0.0263. The molecule has 1 fully saturated rings. The number of carbonyl (C=O) groups is 2. The second-order valence-electron chi connectivity index (χ2n) is 2.58. The summed E-state index contributed by atoms with van der Waals surface area (Å²) in [5, 5.41) is 2.48. The molecule has 1 rings (SSSR count). The zero-order valence-electron chi connectivity index (χ0n) is 6.74. The Morgan fingerprint density at radius 3 is 2.58 bits per heavy atom. The Morgan fingerprint density at radius 1 is 1.58 bits per heavy atom. The topological polar surface area (TPSA) is 84.7 Å². The second-order valence-corrected chi connectivity index (χ2v) is 2.58. The van der Waals surface area contributed by atoms with Gasteiger partial charge in [0.25, 0.3) is 0 Å². The number of ether oxygens (including phenoxy) is 1. The molecule has 0 aromatic carbocycles. The monoisotopic (exact) mass is 173 g/mol. The number of primary amides is 1. The summed E-state index contributed by atoms with van der Waals surface area (Å²) in [4.78, 5) is 22.6. The van der Waals surface area contributed by atoms with Crippen LogP contribution in [0.5, 0.6) is 0 Å². The molecule has 1 aliphatic rings. The highest BCUT2D eigenvalue weighted by atomic mass is 16.5. The van der Waals surface area contributed by atoms with Crippen LogP contribution in [0.1, 0.15) is 0 Å². The zero-order valence-corrected chi connectivity index (χ0v) is 6.74. The van der Waals surface area contributed by atoms with E-state index >= 15 is 0 Å². The van der Waals surface area contributed by atoms with Gasteiger partial charge in [0, 0.05) is 13.1 Å². The van der Waals surface area contributed by atoms with E-state index in [2.05, 4.69) is 10.1 Å². The molecule has 0 unspecified atom stereocenters. The molecule has 0 bridgehead atoms. The number of carbonyl (C=O) groups excluding carboxylic acids is 2. The quantitative estimate of drug-likeness (QED) is 0.539. The van der Waals surface area contributed by atoms with Crippen LogP contribution in [-0.4, -0.2) is 43.3 Å². The number of hydrogen-bond acceptors (Lipinski definition) is 3. The van der Waals surface area contributed by atoms with E-state index in [0.29, 0.717) is 13.1 Å². The van der Waals surface area contributed by atoms with Gasteiger partial charge in [0.1, 0.15) is 0 Å². The molecule has 1 saturated heterocycles. The fraction of sp³-hybridized carbons (Fsp3) is 0.667. The van der Waals surface area contributed by atoms with Crippen molar-refractivity contribution in [3.63, 3.8) is 0 Å². The van der Waals surface area contributed by atoms with Gasteiger partial charge in [-0.1, -0.05) is 0 Å². The molecule has 0 spiro atoms. The SMILES string of the molecule is COC(=O)N1CC(NC(N)=O)C1. The van der Waals surface area contributed by atoms with E-state index in [-0.39, 0.29) is 12.1 Å². The molecule has 1 heterocycles. The minimum Gasteiger partial charge on any atom is -0.453 e. The van der Waals surface area contributed by atoms with Crippen molar-refractivity contribution in [1.82, 2.24) is 10.2 Å². The van der Waals surface area contributed by atoms with Crippen LogP contribution in [0.3, 0.4) is 0 Å². The normalized spacial score (nSPS) is 16.6. The molecule has 0 aromatic rings. The summed E-state index contributed by atoms with van der Waals surface area (Å²) < 4.78 is 4.45. The van der Waals surface area contributed by atoms with Gasteiger partial charge in [-0.3, -0.25) is 0 Å². The van der Waals surface area contributed by atoms with Gasteiger partial charge < -0.3 is 20.7 Å². The van der Waals surface area contributed by atoms with Crippen LogP contribution >= 0.6 is 0 Å². The van der Waals surface area contributed by atoms with Crippen molar-refractivity contribution in [2.24, 2.45) is 5.73 Å². The molecule has 0 atom stereocenters. The molecule has 1 aliphatic heterocycles. The molecule has 0 aliphatic carbocycles. The number of rotatable bonds is 1. The maximum atomic E-state index is 10.8. The Kier molecular flexibility index (Phi) is 2.37. The predicted molar refractivity (Wildman–Crippen MR) is 40.5 cm³/mol. The minimum atomic E-state index is -0.565. The van der Waals surface area contributed by atoms with Gasteiger partial charge in [0.15, 0.2) is 0 Å². The van der Waals surface area contributed by atoms with E-state index in [0.717, 1.165) is 0 Å². The first-order chi connectivity index (χ1) is 5.63. The zero-order chi connectivity index (χ0) is 9.14. The highest BCUT2D eigenvalue weighted by Crippen LogP contribution is 2.08. The van der Waals surface area contributed by atoms with E-state index in [1.54, 1.807) is 0 Å². The third kappa shape index (κ3) is 1.77. The maximum Gasteiger partial charge on any atom is 0.409 e. The lowest BCUT2D eigenvalue weighted by molar-refractivity contribution is 0.0827. The Balaban J connectivity index is 2.20. The molecular weight excluding hydrogens is 162 g/mol. The van der Waals surface area contributed by atoms with E-state index < -0.39 is 6.03 Å². The van der Waals surface area contributed by atoms with Gasteiger partial charge in [0.2, 0.25) is 0 Å². The molecular formula is C6H11N3O3. The number of hydrogen-bond donors (Lipinski definition) is 2. The number of nitrogens with zero attached hydrogens (tertiary/aromatic N) is 1. The van der Waals surface area contributed by atoms with Crippen molar-refractivity contribution in [3.05, 3.63) is 0 Å². The lowest BCUT2D eigenvalue weighted by atomic mass is 10.1. The number of likely N-dealkylation sites (tertiary alicyclic amines) is 1. The van der Waals surface area contributed by atoms with Crippen molar-refractivity contribution in [2.75, 3.05) is 20.2 Å². The molecule has 3 N–H and O–H groups in total. The van der Waals surface area contributed by atoms with Crippen LogP contribution in [0.2, 0.25) is 0 Å². The Labute approximate surface area is 69.6 Å². The summed E-state index contributed by atoms with van der Waals surface area (Å²) in [5.74, 6) is 0. The summed E-state index contributed by atoms with van der Waals surface area (Å²) in [6.45, 7) is 0.936. The third-order valence-corrected chi connectivity index (χ3v) is 1.66. The molecule has 0 aromatic heterocycles. The number of nitrogens with one attached hydrogen (secondary N) is 1. The summed E-state index contributed by atoms with van der Waals surface area (Å²) in [6, 6.07) is -0.592. The summed E-state index contributed by atoms with van der Waals surface area (Å²) >= 11 is 0. The summed E-state index contributed by atoms with van der Waals surface area (Å²) in [5.41, 5.74) is 4.87. The molecule has 6 nitrogen and oxygen atoms in total. The largest absolute Gasteiger partial charge is 0.453 e. The van der Waals surface area contributed by atoms with Crippen LogP contribution in [0.25, 0.3) is 0 Å². The Hall–Kier alpha value is -1.46. The number of nitrogens with two attached hydrogens (primary N) is 1. The fourth-order valence-electron chi connectivity index (χ4n) is 1.05. The number of urea groups is 1. The van der Waals surface area contributed by atoms with Crippen LogP contribution in [0.15, 0.2) is 0 Å². The van der Waals surface area contributed by atoms with Crippen LogP contribution < -0.4 is 11.1 Å². The predicted octanol–water partition coefficient (Wildman–Crippen LogP) is -0.895. The van der Waals surface area contributed by atoms with E-state index in [9.17, 15) is 9.59 Å². The molecule has 68 valence electrons. The maximum absolute atomic E-state index is 10.8. The van der Waals surface area contributed by atoms with Crippen molar-refractivity contribution in [1.29, 1.82) is 0 Å². The van der Waals surface area contributed by atoms with Crippen molar-refractivity contribution < 1.29 is 14.3 Å². The highest BCUT2D eigenvalue weighted by molar-refractivity contribution is 5.73. The van der Waals surface area contributed by atoms with Gasteiger partial charge in [0.05, 0.1) is 13.2 Å². The van der Waals surface area contributed by atoms with Gasteiger partial charge in [-0.05, 0) is 0 Å². The van der Waals surface area contributed by atoms with Crippen LogP contribution in [-0.2, 0) is 4.74 Å². The molecule has 0 saturated carbocycles. The third-order valence-electron chi connectivity index (χ3n) is 1.66. The molecule has 3 amide bonds. The van der Waals surface area contributed by atoms with Crippen LogP contribution in [0.4, 0.5) is 9.59 Å². The lowest BCUT2D eigenvalue weighted by Gasteiger charge is -2.37. The van der Waals surface area contributed by atoms with E-state index in [4.69, 9.17) is 5.73 Å². The second kappa shape index (κ2) is 3.29. The van der Waals surface area contributed by atoms with Crippen molar-refractivity contribution in [2.45, 2.75) is 6.04 Å². The highest BCUT2D eigenvalue weighted by Gasteiger charge is 2.31. The van der Waals surface area contributed by atoms with Crippen molar-refractivity contribution >= 4 is 12.1 Å². The fourth-order valence-corrected chi connectivity index (χ4v) is 1.05. The molecule has 6 heteroatoms. The smallest absolute Gasteiger partial charge is 0.409 e. The standard InChI is InChI=1S/C6H11N3O3/c1-12-6(11)9-2-4(3-9)8-5(7)10/h4H,2-3H2,1H3,(H3,7,8,10). The first-order valence-electron chi connectivity index (χ1n) is 3.52. The van der Waals surface area contributed by atoms with Crippen molar-refractivity contribution in [3.8, 4) is 0 Å². The number of amides is 3. The van der Waals surface area contributed by atoms with Gasteiger partial charge in [-0.15, -0.1) is 0 Å². The number of methoxy groups -OCH3 is 1. The van der Waals surface area contributed by atoms with E-state index in [1.807, 2.05) is 0 Å². The Morgan fingerprint density at radius 2 is 2.17 bits per heavy atom. The lowest BCUT2D eigenvalue weighted by Crippen LogP contribution is -2.61.